The molecule has 0 fully saturated rings. The fourth-order valence-corrected chi connectivity index (χ4v) is 1.42. The molecule has 0 atom stereocenters. The van der Waals surface area contributed by atoms with Gasteiger partial charge in [0.05, 0.1) is 0 Å². The van der Waals surface area contributed by atoms with E-state index in [0.29, 0.717) is 11.6 Å². The molecular formula is C11H12N4. The van der Waals surface area contributed by atoms with E-state index in [0.717, 1.165) is 16.7 Å². The molecule has 0 bridgehead atoms. The Kier molecular flexibility index (Phi) is 2.25. The number of rotatable bonds is 1. The Morgan fingerprint density at radius 1 is 1.00 bits per heavy atom. The highest BCUT2D eigenvalue weighted by molar-refractivity contribution is 5.69. The molecule has 2 aromatic heterocycles. The van der Waals surface area contributed by atoms with Crippen molar-refractivity contribution >= 4 is 11.6 Å². The Labute approximate surface area is 88.0 Å². The molecule has 2 rings (SSSR count). The first-order valence-electron chi connectivity index (χ1n) is 4.61. The maximum atomic E-state index is 5.64. The summed E-state index contributed by atoms with van der Waals surface area (Å²) in [4.78, 5) is 8.06. The summed E-state index contributed by atoms with van der Waals surface area (Å²) in [6, 6.07) is 5.53. The molecule has 0 saturated carbocycles. The molecule has 0 aliphatic rings. The number of nitrogens with zero attached hydrogens (tertiary/aromatic N) is 2. The quantitative estimate of drug-likeness (QED) is 0.733. The fourth-order valence-electron chi connectivity index (χ4n) is 1.42. The average Bonchev–Trinajstić information content (AvgIpc) is 2.23. The average molecular weight is 200 g/mol. The van der Waals surface area contributed by atoms with E-state index < -0.39 is 0 Å². The number of anilines is 2. The third-order valence-corrected chi connectivity index (χ3v) is 2.22. The van der Waals surface area contributed by atoms with Gasteiger partial charge in [0.1, 0.15) is 11.6 Å². The molecular weight excluding hydrogens is 188 g/mol. The monoisotopic (exact) mass is 200 g/mol. The number of nitrogen functional groups attached to an aromatic ring is 2. The first-order valence-corrected chi connectivity index (χ1v) is 4.61. The van der Waals surface area contributed by atoms with Crippen LogP contribution in [0.1, 0.15) is 5.56 Å². The number of nitrogens with two attached hydrogens (primary N) is 2. The summed E-state index contributed by atoms with van der Waals surface area (Å²) in [5, 5.41) is 0. The summed E-state index contributed by atoms with van der Waals surface area (Å²) >= 11 is 0. The zero-order valence-electron chi connectivity index (χ0n) is 8.44. The molecule has 0 aliphatic heterocycles. The summed E-state index contributed by atoms with van der Waals surface area (Å²) in [7, 11) is 0. The zero-order valence-corrected chi connectivity index (χ0v) is 8.44. The predicted molar refractivity (Wildman–Crippen MR) is 61.0 cm³/mol. The Hall–Kier alpha value is -2.10. The van der Waals surface area contributed by atoms with E-state index in [9.17, 15) is 0 Å². The molecule has 0 spiro atoms. The Morgan fingerprint density at radius 2 is 1.73 bits per heavy atom. The minimum absolute atomic E-state index is 0.507. The van der Waals surface area contributed by atoms with Crippen molar-refractivity contribution in [2.24, 2.45) is 0 Å². The van der Waals surface area contributed by atoms with E-state index in [1.54, 1.807) is 18.5 Å². The van der Waals surface area contributed by atoms with Gasteiger partial charge in [-0.2, -0.15) is 0 Å². The van der Waals surface area contributed by atoms with Crippen molar-refractivity contribution in [3.05, 3.63) is 36.2 Å². The Bertz CT molecular complexity index is 476. The van der Waals surface area contributed by atoms with Crippen LogP contribution in [0.3, 0.4) is 0 Å². The number of aryl methyl sites for hydroxylation is 1. The van der Waals surface area contributed by atoms with Crippen LogP contribution in [0.25, 0.3) is 11.1 Å². The topological polar surface area (TPSA) is 77.8 Å². The van der Waals surface area contributed by atoms with Crippen molar-refractivity contribution in [1.82, 2.24) is 9.97 Å². The summed E-state index contributed by atoms with van der Waals surface area (Å²) < 4.78 is 0. The van der Waals surface area contributed by atoms with Gasteiger partial charge >= 0.3 is 0 Å². The number of pyridine rings is 2. The molecule has 0 saturated heterocycles. The Balaban J connectivity index is 2.53. The minimum Gasteiger partial charge on any atom is -0.384 e. The number of hydrogen-bond acceptors (Lipinski definition) is 4. The van der Waals surface area contributed by atoms with Crippen LogP contribution < -0.4 is 11.5 Å². The molecule has 15 heavy (non-hydrogen) atoms. The molecule has 0 unspecified atom stereocenters. The van der Waals surface area contributed by atoms with E-state index in [1.165, 1.54) is 0 Å². The van der Waals surface area contributed by atoms with Crippen LogP contribution in [0.4, 0.5) is 11.6 Å². The van der Waals surface area contributed by atoms with Crippen LogP contribution in [-0.4, -0.2) is 9.97 Å². The van der Waals surface area contributed by atoms with Crippen molar-refractivity contribution in [3.8, 4) is 11.1 Å². The molecule has 0 aliphatic carbocycles. The van der Waals surface area contributed by atoms with Gasteiger partial charge < -0.3 is 11.5 Å². The maximum Gasteiger partial charge on any atom is 0.123 e. The first kappa shape index (κ1) is 9.45. The van der Waals surface area contributed by atoms with Crippen LogP contribution in [0, 0.1) is 6.92 Å². The molecule has 2 aromatic rings. The summed E-state index contributed by atoms with van der Waals surface area (Å²) in [5.74, 6) is 1.02. The van der Waals surface area contributed by atoms with Gasteiger partial charge in [0, 0.05) is 18.0 Å². The fraction of sp³-hybridized carbons (Fsp3) is 0.0909. The van der Waals surface area contributed by atoms with Crippen LogP contribution in [0.5, 0.6) is 0 Å². The molecule has 4 heteroatoms. The smallest absolute Gasteiger partial charge is 0.123 e. The van der Waals surface area contributed by atoms with Crippen molar-refractivity contribution in [2.45, 2.75) is 6.92 Å². The van der Waals surface area contributed by atoms with Gasteiger partial charge in [-0.25, -0.2) is 9.97 Å². The lowest BCUT2D eigenvalue weighted by molar-refractivity contribution is 1.27. The van der Waals surface area contributed by atoms with E-state index >= 15 is 0 Å². The maximum absolute atomic E-state index is 5.64. The highest BCUT2D eigenvalue weighted by Crippen LogP contribution is 2.23. The van der Waals surface area contributed by atoms with Gasteiger partial charge in [0.2, 0.25) is 0 Å². The van der Waals surface area contributed by atoms with E-state index in [4.69, 9.17) is 11.5 Å². The highest BCUT2D eigenvalue weighted by atomic mass is 14.8. The number of hydrogen-bond donors (Lipinski definition) is 2. The largest absolute Gasteiger partial charge is 0.384 e. The van der Waals surface area contributed by atoms with E-state index in [1.807, 2.05) is 19.1 Å². The van der Waals surface area contributed by atoms with Crippen molar-refractivity contribution in [3.63, 3.8) is 0 Å². The third kappa shape index (κ3) is 1.88. The lowest BCUT2D eigenvalue weighted by atomic mass is 10.0. The van der Waals surface area contributed by atoms with Crippen LogP contribution in [0.2, 0.25) is 0 Å². The van der Waals surface area contributed by atoms with Crippen molar-refractivity contribution in [2.75, 3.05) is 11.5 Å². The van der Waals surface area contributed by atoms with Crippen molar-refractivity contribution < 1.29 is 0 Å². The molecule has 76 valence electrons. The second-order valence-electron chi connectivity index (χ2n) is 3.40. The lowest BCUT2D eigenvalue weighted by Crippen LogP contribution is -1.94. The van der Waals surface area contributed by atoms with Gasteiger partial charge in [-0.05, 0) is 36.2 Å². The van der Waals surface area contributed by atoms with Gasteiger partial charge in [0.25, 0.3) is 0 Å². The lowest BCUT2D eigenvalue weighted by Gasteiger charge is -2.06. The normalized spacial score (nSPS) is 10.2. The standard InChI is InChI=1S/C11H12N4/c1-7-5-14-11(13)4-9(7)8-2-3-10(12)15-6-8/h2-6H,1H3,(H2,12,15)(H2,13,14). The van der Waals surface area contributed by atoms with E-state index in [-0.39, 0.29) is 0 Å². The van der Waals surface area contributed by atoms with Gasteiger partial charge in [-0.15, -0.1) is 0 Å². The van der Waals surface area contributed by atoms with Gasteiger partial charge in [0.15, 0.2) is 0 Å². The molecule has 0 amide bonds. The van der Waals surface area contributed by atoms with Gasteiger partial charge in [-0.3, -0.25) is 0 Å². The SMILES string of the molecule is Cc1cnc(N)cc1-c1ccc(N)nc1. The van der Waals surface area contributed by atoms with Crippen LogP contribution in [-0.2, 0) is 0 Å². The summed E-state index contributed by atoms with van der Waals surface area (Å²) in [6.45, 7) is 1.98. The number of aromatic nitrogens is 2. The predicted octanol–water partition coefficient (Wildman–Crippen LogP) is 1.62. The molecule has 0 aromatic carbocycles. The van der Waals surface area contributed by atoms with Gasteiger partial charge in [-0.1, -0.05) is 0 Å². The third-order valence-electron chi connectivity index (χ3n) is 2.22. The minimum atomic E-state index is 0.507. The van der Waals surface area contributed by atoms with Crippen LogP contribution in [0.15, 0.2) is 30.6 Å². The molecule has 4 N–H and O–H groups in total. The molecule has 4 nitrogen and oxygen atoms in total. The molecule has 0 radical (unpaired) electrons. The van der Waals surface area contributed by atoms with Crippen molar-refractivity contribution in [1.29, 1.82) is 0 Å². The second-order valence-corrected chi connectivity index (χ2v) is 3.40. The zero-order chi connectivity index (χ0) is 10.8. The highest BCUT2D eigenvalue weighted by Gasteiger charge is 2.03. The first-order chi connectivity index (χ1) is 7.16. The Morgan fingerprint density at radius 3 is 2.40 bits per heavy atom. The summed E-state index contributed by atoms with van der Waals surface area (Å²) in [6.07, 6.45) is 3.48. The molecule has 2 heterocycles. The summed E-state index contributed by atoms with van der Waals surface area (Å²) in [5.41, 5.74) is 14.3. The van der Waals surface area contributed by atoms with Crippen LogP contribution >= 0.6 is 0 Å². The van der Waals surface area contributed by atoms with E-state index in [2.05, 4.69) is 9.97 Å². The second kappa shape index (κ2) is 3.57.